The molecule has 0 spiro atoms. The predicted octanol–water partition coefficient (Wildman–Crippen LogP) is 6.27. The number of anilines is 1. The largest absolute Gasteiger partial charge is 0.497 e. The Kier molecular flexibility index (Phi) is 10.00. The summed E-state index contributed by atoms with van der Waals surface area (Å²) in [5, 5.41) is 3.97. The van der Waals surface area contributed by atoms with Crippen LogP contribution in [0.3, 0.4) is 0 Å². The second-order valence-electron chi connectivity index (χ2n) is 10.0. The van der Waals surface area contributed by atoms with Crippen molar-refractivity contribution >= 4 is 35.1 Å². The van der Waals surface area contributed by atoms with Crippen LogP contribution in [-0.4, -0.2) is 62.5 Å². The SMILES string of the molecule is CN1C=CC1.COc1ccc(C)c(C(=O)NC2(c3cc(N(C)CC(F)(F)F)cc4nc(C)ccc34)CC2)c1.CS. The van der Waals surface area contributed by atoms with Gasteiger partial charge < -0.3 is 19.9 Å². The van der Waals surface area contributed by atoms with Gasteiger partial charge in [0.25, 0.3) is 5.91 Å². The summed E-state index contributed by atoms with van der Waals surface area (Å²) in [4.78, 5) is 21.1. The maximum Gasteiger partial charge on any atom is 0.405 e. The Morgan fingerprint density at radius 3 is 2.33 bits per heavy atom. The molecular formula is C30H37F3N4O2S. The Morgan fingerprint density at radius 2 is 1.80 bits per heavy atom. The number of carbonyl (C=O) groups excluding carboxylic acids is 1. The summed E-state index contributed by atoms with van der Waals surface area (Å²) in [5.74, 6) is 0.336. The first-order valence-corrected chi connectivity index (χ1v) is 13.8. The third-order valence-corrected chi connectivity index (χ3v) is 6.85. The maximum atomic E-state index is 13.2. The number of carbonyl (C=O) groups is 1. The highest BCUT2D eigenvalue weighted by atomic mass is 32.1. The third-order valence-electron chi connectivity index (χ3n) is 6.85. The van der Waals surface area contributed by atoms with Gasteiger partial charge in [-0.1, -0.05) is 12.1 Å². The molecule has 2 aliphatic rings. The van der Waals surface area contributed by atoms with Gasteiger partial charge >= 0.3 is 6.18 Å². The first kappa shape index (κ1) is 31.1. The van der Waals surface area contributed by atoms with Crippen molar-refractivity contribution < 1.29 is 22.7 Å². The van der Waals surface area contributed by atoms with E-state index in [1.54, 1.807) is 37.6 Å². The van der Waals surface area contributed by atoms with Gasteiger partial charge in [-0.3, -0.25) is 9.78 Å². The van der Waals surface area contributed by atoms with Gasteiger partial charge in [-0.25, -0.2) is 0 Å². The number of hydrogen-bond donors (Lipinski definition) is 2. The van der Waals surface area contributed by atoms with Gasteiger partial charge in [0, 0.05) is 43.0 Å². The minimum Gasteiger partial charge on any atom is -0.497 e. The average molecular weight is 575 g/mol. The van der Waals surface area contributed by atoms with Crippen LogP contribution in [-0.2, 0) is 5.54 Å². The van der Waals surface area contributed by atoms with E-state index in [9.17, 15) is 18.0 Å². The molecule has 1 fully saturated rings. The second kappa shape index (κ2) is 12.8. The first-order chi connectivity index (χ1) is 18.9. The van der Waals surface area contributed by atoms with Crippen LogP contribution in [0.2, 0.25) is 0 Å². The molecule has 1 aliphatic heterocycles. The van der Waals surface area contributed by atoms with Crippen molar-refractivity contribution in [1.82, 2.24) is 15.2 Å². The number of ether oxygens (including phenoxy) is 1. The first-order valence-electron chi connectivity index (χ1n) is 12.9. The zero-order valence-electron chi connectivity index (χ0n) is 23.8. The monoisotopic (exact) mass is 574 g/mol. The standard InChI is InChI=1S/C25H26F3N3O2.C4H7N.CH4S/c1-15-5-7-18(33-4)13-20(15)23(32)30-24(9-10-24)21-11-17(31(3)14-25(26,27)28)12-22-19(21)8-6-16(2)29-22;1-5-3-2-4-5;1-2/h5-8,11-13H,9-10,14H2,1-4H3,(H,30,32);2-3H,4H2,1H3;2H,1H3. The lowest BCUT2D eigenvalue weighted by Crippen LogP contribution is -2.36. The van der Waals surface area contributed by atoms with E-state index in [4.69, 9.17) is 4.74 Å². The van der Waals surface area contributed by atoms with E-state index in [0.29, 0.717) is 35.4 Å². The molecule has 0 unspecified atom stereocenters. The number of fused-ring (bicyclic) bond motifs is 1. The molecule has 1 amide bonds. The number of benzene rings is 2. The smallest absolute Gasteiger partial charge is 0.405 e. The summed E-state index contributed by atoms with van der Waals surface area (Å²) in [5.41, 5.74) is 3.22. The van der Waals surface area contributed by atoms with E-state index in [-0.39, 0.29) is 5.91 Å². The number of amides is 1. The highest BCUT2D eigenvalue weighted by Gasteiger charge is 2.47. The van der Waals surface area contributed by atoms with Crippen molar-refractivity contribution in [3.63, 3.8) is 0 Å². The van der Waals surface area contributed by atoms with Crippen molar-refractivity contribution in [2.75, 3.05) is 45.5 Å². The van der Waals surface area contributed by atoms with E-state index in [2.05, 4.69) is 47.2 Å². The van der Waals surface area contributed by atoms with Gasteiger partial charge in [0.1, 0.15) is 12.3 Å². The molecule has 10 heteroatoms. The molecule has 0 radical (unpaired) electrons. The summed E-state index contributed by atoms with van der Waals surface area (Å²) >= 11 is 3.53. The van der Waals surface area contributed by atoms with E-state index >= 15 is 0 Å². The van der Waals surface area contributed by atoms with Crippen LogP contribution in [0.25, 0.3) is 10.9 Å². The highest BCUT2D eigenvalue weighted by Crippen LogP contribution is 2.49. The zero-order chi connectivity index (χ0) is 29.7. The molecule has 5 rings (SSSR count). The van der Waals surface area contributed by atoms with Crippen molar-refractivity contribution in [1.29, 1.82) is 0 Å². The number of likely N-dealkylation sites (N-methyl/N-ethyl adjacent to an activating group) is 1. The van der Waals surface area contributed by atoms with Crippen LogP contribution in [0.15, 0.2) is 54.7 Å². The van der Waals surface area contributed by atoms with Gasteiger partial charge in [-0.05, 0) is 86.7 Å². The van der Waals surface area contributed by atoms with E-state index in [1.165, 1.54) is 7.05 Å². The Morgan fingerprint density at radius 1 is 1.15 bits per heavy atom. The topological polar surface area (TPSA) is 57.7 Å². The Hall–Kier alpha value is -3.40. The second-order valence-corrected chi connectivity index (χ2v) is 10.0. The number of rotatable bonds is 6. The van der Waals surface area contributed by atoms with Crippen LogP contribution in [0.1, 0.15) is 40.0 Å². The lowest BCUT2D eigenvalue weighted by atomic mass is 9.96. The van der Waals surface area contributed by atoms with Crippen molar-refractivity contribution in [3.8, 4) is 5.75 Å². The third kappa shape index (κ3) is 7.62. The molecule has 1 aliphatic carbocycles. The lowest BCUT2D eigenvalue weighted by Gasteiger charge is -2.26. The number of hydrogen-bond acceptors (Lipinski definition) is 6. The predicted molar refractivity (Wildman–Crippen MR) is 159 cm³/mol. The molecule has 1 saturated carbocycles. The fourth-order valence-corrected chi connectivity index (χ4v) is 4.46. The summed E-state index contributed by atoms with van der Waals surface area (Å²) < 4.78 is 44.4. The maximum absolute atomic E-state index is 13.2. The number of methoxy groups -OCH3 is 1. The molecule has 216 valence electrons. The number of thiol groups is 1. The summed E-state index contributed by atoms with van der Waals surface area (Å²) in [7, 11) is 5.00. The van der Waals surface area contributed by atoms with Gasteiger partial charge in [0.15, 0.2) is 0 Å². The van der Waals surface area contributed by atoms with Crippen LogP contribution < -0.4 is 15.0 Å². The molecule has 0 saturated heterocycles. The minimum absolute atomic E-state index is 0.244. The average Bonchev–Trinajstić information content (AvgIpc) is 3.67. The van der Waals surface area contributed by atoms with Gasteiger partial charge in [-0.2, -0.15) is 25.8 Å². The van der Waals surface area contributed by atoms with Crippen LogP contribution in [0.5, 0.6) is 5.75 Å². The van der Waals surface area contributed by atoms with Crippen molar-refractivity contribution in [3.05, 3.63) is 77.1 Å². The number of alkyl halides is 3. The summed E-state index contributed by atoms with van der Waals surface area (Å²) in [6.07, 6.45) is 2.92. The molecular weight excluding hydrogens is 537 g/mol. The number of nitrogens with one attached hydrogen (secondary N) is 1. The fraction of sp³-hybridized carbons (Fsp3) is 0.400. The number of pyridine rings is 1. The normalized spacial score (nSPS) is 14.7. The molecule has 2 aromatic carbocycles. The fourth-order valence-electron chi connectivity index (χ4n) is 4.46. The van der Waals surface area contributed by atoms with Crippen LogP contribution in [0, 0.1) is 13.8 Å². The van der Waals surface area contributed by atoms with Gasteiger partial charge in [0.2, 0.25) is 0 Å². The molecule has 40 heavy (non-hydrogen) atoms. The molecule has 1 aromatic heterocycles. The molecule has 1 N–H and O–H groups in total. The number of nitrogens with zero attached hydrogens (tertiary/aromatic N) is 3. The summed E-state index contributed by atoms with van der Waals surface area (Å²) in [6.45, 7) is 3.75. The highest BCUT2D eigenvalue weighted by molar-refractivity contribution is 7.79. The quantitative estimate of drug-likeness (QED) is 0.340. The molecule has 3 aromatic rings. The van der Waals surface area contributed by atoms with Crippen LogP contribution in [0.4, 0.5) is 18.9 Å². The van der Waals surface area contributed by atoms with Crippen molar-refractivity contribution in [2.24, 2.45) is 0 Å². The van der Waals surface area contributed by atoms with E-state index in [1.807, 2.05) is 32.0 Å². The van der Waals surface area contributed by atoms with Gasteiger partial charge in [0.05, 0.1) is 18.2 Å². The van der Waals surface area contributed by atoms with E-state index in [0.717, 1.165) is 33.7 Å². The Bertz CT molecular complexity index is 1370. The number of aryl methyl sites for hydroxylation is 2. The Labute approximate surface area is 239 Å². The van der Waals surface area contributed by atoms with Crippen molar-refractivity contribution in [2.45, 2.75) is 38.4 Å². The number of aromatic nitrogens is 1. The van der Waals surface area contributed by atoms with Gasteiger partial charge in [-0.15, -0.1) is 0 Å². The number of halogens is 3. The molecule has 6 nitrogen and oxygen atoms in total. The van der Waals surface area contributed by atoms with E-state index < -0.39 is 18.3 Å². The molecule has 0 atom stereocenters. The molecule has 0 bridgehead atoms. The summed E-state index contributed by atoms with van der Waals surface area (Å²) in [6, 6.07) is 12.5. The minimum atomic E-state index is -4.33. The lowest BCUT2D eigenvalue weighted by molar-refractivity contribution is -0.119. The molecule has 2 heterocycles. The zero-order valence-corrected chi connectivity index (χ0v) is 24.7. The van der Waals surface area contributed by atoms with Crippen LogP contribution >= 0.6 is 12.6 Å². The Balaban J connectivity index is 0.000000558.